The molecule has 1 aromatic carbocycles. The molecule has 1 amide bonds. The van der Waals surface area contributed by atoms with E-state index in [4.69, 9.17) is 28.3 Å². The second-order valence-electron chi connectivity index (χ2n) is 6.12. The number of aliphatic hydroxyl groups is 1. The molecular formula is C16H17Cl2F2N3O2. The SMILES string of the molecule is CC1C(=O)NCCc2[nH]c3c(Cl)c(Cl)cc(NCC(F)(F)CO)c3c21. The number of aromatic nitrogens is 1. The Labute approximate surface area is 152 Å². The Kier molecular flexibility index (Phi) is 4.83. The van der Waals surface area contributed by atoms with Gasteiger partial charge in [0.2, 0.25) is 5.91 Å². The lowest BCUT2D eigenvalue weighted by atomic mass is 9.96. The van der Waals surface area contributed by atoms with Gasteiger partial charge in [0.05, 0.1) is 28.0 Å². The molecule has 25 heavy (non-hydrogen) atoms. The van der Waals surface area contributed by atoms with E-state index in [1.165, 1.54) is 6.07 Å². The third-order valence-electron chi connectivity index (χ3n) is 4.36. The fraction of sp³-hybridized carbons (Fsp3) is 0.438. The van der Waals surface area contributed by atoms with E-state index < -0.39 is 25.0 Å². The fourth-order valence-corrected chi connectivity index (χ4v) is 3.48. The number of rotatable bonds is 4. The van der Waals surface area contributed by atoms with Crippen molar-refractivity contribution in [2.45, 2.75) is 25.2 Å². The largest absolute Gasteiger partial charge is 0.390 e. The highest BCUT2D eigenvalue weighted by Crippen LogP contribution is 2.42. The number of nitrogens with one attached hydrogen (secondary N) is 3. The maximum absolute atomic E-state index is 13.4. The van der Waals surface area contributed by atoms with Gasteiger partial charge in [-0.2, -0.15) is 0 Å². The van der Waals surface area contributed by atoms with Gasteiger partial charge < -0.3 is 20.7 Å². The van der Waals surface area contributed by atoms with Crippen molar-refractivity contribution in [3.8, 4) is 0 Å². The molecule has 5 nitrogen and oxygen atoms in total. The van der Waals surface area contributed by atoms with Crippen LogP contribution in [0.1, 0.15) is 24.1 Å². The monoisotopic (exact) mass is 391 g/mol. The van der Waals surface area contributed by atoms with E-state index in [1.807, 2.05) is 0 Å². The van der Waals surface area contributed by atoms with E-state index >= 15 is 0 Å². The van der Waals surface area contributed by atoms with E-state index in [1.54, 1.807) is 6.92 Å². The average Bonchev–Trinajstić information content (AvgIpc) is 2.89. The number of aromatic amines is 1. The summed E-state index contributed by atoms with van der Waals surface area (Å²) in [6.07, 6.45) is 0.570. The zero-order valence-electron chi connectivity index (χ0n) is 13.4. The molecule has 0 saturated carbocycles. The molecule has 9 heteroatoms. The maximum Gasteiger partial charge on any atom is 0.287 e. The standard InChI is InChI=1S/C16H17Cl2F2N3O2/c1-7-11-9(2-3-21-15(7)25)23-14-12(11)10(4-8(17)13(14)18)22-5-16(19,20)6-24/h4,7,22-24H,2-3,5-6H2,1H3,(H,21,25). The second kappa shape index (κ2) is 6.63. The molecule has 2 heterocycles. The zero-order valence-corrected chi connectivity index (χ0v) is 14.9. The van der Waals surface area contributed by atoms with Crippen LogP contribution in [0.3, 0.4) is 0 Å². The number of hydrogen-bond acceptors (Lipinski definition) is 3. The minimum Gasteiger partial charge on any atom is -0.390 e. The quantitative estimate of drug-likeness (QED) is 0.645. The molecule has 1 unspecified atom stereocenters. The predicted octanol–water partition coefficient (Wildman–Crippen LogP) is 3.29. The van der Waals surface area contributed by atoms with Crippen molar-refractivity contribution in [3.05, 3.63) is 27.4 Å². The van der Waals surface area contributed by atoms with Crippen molar-refractivity contribution in [1.82, 2.24) is 10.3 Å². The lowest BCUT2D eigenvalue weighted by molar-refractivity contribution is -0.121. The smallest absolute Gasteiger partial charge is 0.287 e. The van der Waals surface area contributed by atoms with Gasteiger partial charge in [-0.25, -0.2) is 8.78 Å². The van der Waals surface area contributed by atoms with Crippen molar-refractivity contribution in [3.63, 3.8) is 0 Å². The van der Waals surface area contributed by atoms with Crippen LogP contribution in [-0.4, -0.2) is 41.6 Å². The highest BCUT2D eigenvalue weighted by Gasteiger charge is 2.31. The molecule has 3 rings (SSSR count). The van der Waals surface area contributed by atoms with Gasteiger partial charge >= 0.3 is 0 Å². The van der Waals surface area contributed by atoms with Crippen LogP contribution in [0.25, 0.3) is 10.9 Å². The van der Waals surface area contributed by atoms with Crippen molar-refractivity contribution in [1.29, 1.82) is 0 Å². The third-order valence-corrected chi connectivity index (χ3v) is 5.15. The van der Waals surface area contributed by atoms with Gasteiger partial charge in [-0.3, -0.25) is 4.79 Å². The molecule has 1 aromatic heterocycles. The zero-order chi connectivity index (χ0) is 18.4. The number of halogens is 4. The van der Waals surface area contributed by atoms with Crippen molar-refractivity contribution in [2.75, 3.05) is 25.0 Å². The number of carbonyl (C=O) groups excluding carboxylic acids is 1. The number of benzene rings is 1. The van der Waals surface area contributed by atoms with Crippen LogP contribution in [0.2, 0.25) is 10.0 Å². The van der Waals surface area contributed by atoms with Gasteiger partial charge in [-0.1, -0.05) is 23.2 Å². The highest BCUT2D eigenvalue weighted by atomic mass is 35.5. The molecule has 0 saturated heterocycles. The number of anilines is 1. The normalized spacial score (nSPS) is 18.0. The van der Waals surface area contributed by atoms with Gasteiger partial charge in [0, 0.05) is 29.7 Å². The van der Waals surface area contributed by atoms with Crippen molar-refractivity contribution >= 4 is 45.7 Å². The van der Waals surface area contributed by atoms with Crippen LogP contribution in [-0.2, 0) is 11.2 Å². The van der Waals surface area contributed by atoms with Crippen LogP contribution in [0.4, 0.5) is 14.5 Å². The molecule has 0 aliphatic carbocycles. The number of alkyl halides is 2. The maximum atomic E-state index is 13.4. The summed E-state index contributed by atoms with van der Waals surface area (Å²) in [5.41, 5.74) is 2.40. The summed E-state index contributed by atoms with van der Waals surface area (Å²) in [7, 11) is 0. The van der Waals surface area contributed by atoms with Gasteiger partial charge in [-0.05, 0) is 18.6 Å². The minimum absolute atomic E-state index is 0.141. The van der Waals surface area contributed by atoms with Crippen LogP contribution in [0.5, 0.6) is 0 Å². The summed E-state index contributed by atoms with van der Waals surface area (Å²) in [5.74, 6) is -3.89. The summed E-state index contributed by atoms with van der Waals surface area (Å²) < 4.78 is 26.9. The first kappa shape index (κ1) is 18.2. The number of aliphatic hydroxyl groups excluding tert-OH is 1. The predicted molar refractivity (Wildman–Crippen MR) is 94.0 cm³/mol. The van der Waals surface area contributed by atoms with E-state index in [9.17, 15) is 13.6 Å². The molecule has 0 bridgehead atoms. The Morgan fingerprint density at radius 2 is 2.16 bits per heavy atom. The summed E-state index contributed by atoms with van der Waals surface area (Å²) in [5, 5.41) is 15.3. The Hall–Kier alpha value is -1.57. The molecular weight excluding hydrogens is 375 g/mol. The molecule has 1 aliphatic heterocycles. The first-order valence-electron chi connectivity index (χ1n) is 7.78. The molecule has 2 aromatic rings. The van der Waals surface area contributed by atoms with Crippen molar-refractivity contribution in [2.24, 2.45) is 0 Å². The number of hydrogen-bond donors (Lipinski definition) is 4. The van der Waals surface area contributed by atoms with E-state index in [0.29, 0.717) is 29.6 Å². The summed E-state index contributed by atoms with van der Waals surface area (Å²) in [6, 6.07) is 1.46. The molecule has 136 valence electrons. The van der Waals surface area contributed by atoms with Crippen molar-refractivity contribution < 1.29 is 18.7 Å². The average molecular weight is 392 g/mol. The first-order chi connectivity index (χ1) is 11.7. The number of amides is 1. The number of carbonyl (C=O) groups is 1. The fourth-order valence-electron chi connectivity index (χ4n) is 3.08. The van der Waals surface area contributed by atoms with Gasteiger partial charge in [0.15, 0.2) is 0 Å². The van der Waals surface area contributed by atoms with Crippen LogP contribution < -0.4 is 10.6 Å². The Morgan fingerprint density at radius 1 is 1.44 bits per heavy atom. The topological polar surface area (TPSA) is 77.2 Å². The molecule has 0 radical (unpaired) electrons. The van der Waals surface area contributed by atoms with Gasteiger partial charge in [0.25, 0.3) is 5.92 Å². The van der Waals surface area contributed by atoms with E-state index in [-0.39, 0.29) is 16.0 Å². The first-order valence-corrected chi connectivity index (χ1v) is 8.53. The number of H-pyrrole nitrogens is 1. The molecule has 0 fully saturated rings. The van der Waals surface area contributed by atoms with Gasteiger partial charge in [-0.15, -0.1) is 0 Å². The lowest BCUT2D eigenvalue weighted by Gasteiger charge is -2.18. The highest BCUT2D eigenvalue weighted by molar-refractivity contribution is 6.45. The summed E-state index contributed by atoms with van der Waals surface area (Å²) in [6.45, 7) is 0.187. The van der Waals surface area contributed by atoms with Crippen LogP contribution >= 0.6 is 23.2 Å². The molecule has 0 spiro atoms. The van der Waals surface area contributed by atoms with E-state index in [0.717, 1.165) is 11.3 Å². The Bertz CT molecular complexity index is 839. The Balaban J connectivity index is 2.18. The summed E-state index contributed by atoms with van der Waals surface area (Å²) in [4.78, 5) is 15.4. The second-order valence-corrected chi connectivity index (χ2v) is 6.90. The molecule has 1 aliphatic rings. The lowest BCUT2D eigenvalue weighted by Crippen LogP contribution is -2.31. The number of fused-ring (bicyclic) bond motifs is 3. The van der Waals surface area contributed by atoms with Crippen LogP contribution in [0, 0.1) is 0 Å². The third kappa shape index (κ3) is 3.28. The Morgan fingerprint density at radius 3 is 2.84 bits per heavy atom. The van der Waals surface area contributed by atoms with E-state index in [2.05, 4.69) is 15.6 Å². The molecule has 1 atom stereocenters. The molecule has 4 N–H and O–H groups in total. The summed E-state index contributed by atoms with van der Waals surface area (Å²) >= 11 is 12.4. The van der Waals surface area contributed by atoms with Gasteiger partial charge in [0.1, 0.15) is 6.61 Å². The van der Waals surface area contributed by atoms with Crippen LogP contribution in [0.15, 0.2) is 6.07 Å². The minimum atomic E-state index is -3.28.